The number of carbonyl (C=O) groups is 4. The molecule has 0 bridgehead atoms. The van der Waals surface area contributed by atoms with Crippen molar-refractivity contribution in [2.75, 3.05) is 26.3 Å². The maximum absolute atomic E-state index is 13.1. The molecule has 0 aromatic heterocycles. The fourth-order valence-corrected chi connectivity index (χ4v) is 7.34. The highest BCUT2D eigenvalue weighted by molar-refractivity contribution is 5.87. The molecule has 0 heterocycles. The van der Waals surface area contributed by atoms with Crippen LogP contribution < -0.4 is 21.7 Å². The first-order chi connectivity index (χ1) is 28.2. The summed E-state index contributed by atoms with van der Waals surface area (Å²) in [5.41, 5.74) is 5.65. The molecule has 0 saturated heterocycles. The molecule has 0 aromatic rings. The number of ether oxygens (including phenoxy) is 2. The van der Waals surface area contributed by atoms with Crippen LogP contribution in [0.25, 0.3) is 0 Å². The van der Waals surface area contributed by atoms with Gasteiger partial charge in [-0.1, -0.05) is 163 Å². The Morgan fingerprint density at radius 2 is 0.897 bits per heavy atom. The summed E-state index contributed by atoms with van der Waals surface area (Å²) in [4.78, 5) is 51.5. The smallest absolute Gasteiger partial charge is 0.308 e. The van der Waals surface area contributed by atoms with E-state index in [2.05, 4.69) is 50.2 Å². The summed E-state index contributed by atoms with van der Waals surface area (Å²) in [6.45, 7) is 14.3. The monoisotopic (exact) mass is 821 g/mol. The van der Waals surface area contributed by atoms with Gasteiger partial charge < -0.3 is 31.2 Å². The minimum Gasteiger partial charge on any atom is -0.465 e. The molecule has 10 heteroatoms. The van der Waals surface area contributed by atoms with Gasteiger partial charge in [0.05, 0.1) is 30.9 Å². The zero-order valence-corrected chi connectivity index (χ0v) is 38.2. The van der Waals surface area contributed by atoms with E-state index in [9.17, 15) is 19.2 Å². The number of hydrogen-bond acceptors (Lipinski definition) is 8. The summed E-state index contributed by atoms with van der Waals surface area (Å²) >= 11 is 0. The van der Waals surface area contributed by atoms with Crippen LogP contribution in [-0.4, -0.2) is 56.1 Å². The van der Waals surface area contributed by atoms with Crippen molar-refractivity contribution in [3.05, 3.63) is 12.4 Å². The average Bonchev–Trinajstić information content (AvgIpc) is 3.20. The Balaban J connectivity index is 4.43. The Morgan fingerprint density at radius 3 is 1.40 bits per heavy atom. The lowest BCUT2D eigenvalue weighted by Gasteiger charge is -2.19. The molecule has 0 aromatic carbocycles. The number of hydrogen-bond donors (Lipinski definition) is 4. The molecule has 0 rings (SSSR count). The Kier molecular flexibility index (Phi) is 39.0. The third kappa shape index (κ3) is 34.1. The molecule has 0 radical (unpaired) electrons. The predicted octanol–water partition coefficient (Wildman–Crippen LogP) is 11.1. The molecule has 340 valence electrons. The van der Waals surface area contributed by atoms with E-state index in [1.54, 1.807) is 0 Å². The first-order valence-corrected chi connectivity index (χ1v) is 24.3. The van der Waals surface area contributed by atoms with E-state index in [0.717, 1.165) is 116 Å². The number of rotatable bonds is 43. The van der Waals surface area contributed by atoms with Gasteiger partial charge >= 0.3 is 11.9 Å². The summed E-state index contributed by atoms with van der Waals surface area (Å²) in [6.07, 6.45) is 31.3. The van der Waals surface area contributed by atoms with Gasteiger partial charge in [0, 0.05) is 19.5 Å². The van der Waals surface area contributed by atoms with Crippen LogP contribution in [-0.2, 0) is 28.7 Å². The third-order valence-electron chi connectivity index (χ3n) is 11.1. The van der Waals surface area contributed by atoms with Crippen molar-refractivity contribution in [2.24, 2.45) is 17.6 Å². The molecule has 0 fully saturated rings. The maximum atomic E-state index is 13.1. The molecule has 3 unspecified atom stereocenters. The van der Waals surface area contributed by atoms with Crippen LogP contribution in [0.3, 0.4) is 0 Å². The molecule has 10 nitrogen and oxygen atoms in total. The molecule has 0 saturated carbocycles. The van der Waals surface area contributed by atoms with Gasteiger partial charge in [-0.3, -0.25) is 19.2 Å². The second kappa shape index (κ2) is 41.0. The van der Waals surface area contributed by atoms with Crippen LogP contribution in [0.5, 0.6) is 0 Å². The highest BCUT2D eigenvalue weighted by Crippen LogP contribution is 2.22. The van der Waals surface area contributed by atoms with Gasteiger partial charge in [0.25, 0.3) is 0 Å². The van der Waals surface area contributed by atoms with E-state index in [-0.39, 0.29) is 35.6 Å². The summed E-state index contributed by atoms with van der Waals surface area (Å²) in [6, 6.07) is -0.660. The first kappa shape index (κ1) is 55.2. The van der Waals surface area contributed by atoms with Crippen molar-refractivity contribution in [3.63, 3.8) is 0 Å². The second-order valence-electron chi connectivity index (χ2n) is 16.7. The number of carbonyl (C=O) groups excluding carboxylic acids is 4. The Bertz CT molecular complexity index is 1020. The van der Waals surface area contributed by atoms with Crippen LogP contribution in [0, 0.1) is 11.8 Å². The minimum atomic E-state index is -0.660. The lowest BCUT2D eigenvalue weighted by atomic mass is 9.94. The number of nitrogens with one attached hydrogen (secondary N) is 3. The standard InChI is InChI=1S/C48H92N4O6/c1-6-10-14-17-19-26-34-43(33-25-16-12-8-3)48(56)58-40-30-23-21-28-37-51-46(54)44(36-38-50-41(5)49)52-45(53)35-27-20-18-22-29-39-57-47(55)42(31-13-9-4)32-24-15-11-7-2/h42-44,50H,5-40,49H2,1-4H3,(H,51,54)(H,52,53). The van der Waals surface area contributed by atoms with Crippen LogP contribution in [0.15, 0.2) is 12.4 Å². The van der Waals surface area contributed by atoms with Gasteiger partial charge in [0.1, 0.15) is 6.04 Å². The molecule has 0 aliphatic rings. The SMILES string of the molecule is C=C(N)NCCC(NC(=O)CCCCCCCOC(=O)C(CCCC)CCCCCC)C(=O)NCCCCCCOC(=O)C(CCCCCC)CCCCCCCC. The van der Waals surface area contributed by atoms with Crippen LogP contribution in [0.1, 0.15) is 227 Å². The van der Waals surface area contributed by atoms with Gasteiger partial charge in [-0.05, 0) is 64.2 Å². The summed E-state index contributed by atoms with van der Waals surface area (Å²) in [5, 5.41) is 8.86. The first-order valence-electron chi connectivity index (χ1n) is 24.3. The van der Waals surface area contributed by atoms with Crippen LogP contribution >= 0.6 is 0 Å². The zero-order valence-electron chi connectivity index (χ0n) is 38.2. The van der Waals surface area contributed by atoms with E-state index >= 15 is 0 Å². The zero-order chi connectivity index (χ0) is 42.9. The molecule has 0 aliphatic heterocycles. The average molecular weight is 821 g/mol. The highest BCUT2D eigenvalue weighted by atomic mass is 16.5. The summed E-state index contributed by atoms with van der Waals surface area (Å²) in [7, 11) is 0. The van der Waals surface area contributed by atoms with E-state index < -0.39 is 6.04 Å². The molecular formula is C48H92N4O6. The molecule has 3 atom stereocenters. The fourth-order valence-electron chi connectivity index (χ4n) is 7.34. The quantitative estimate of drug-likeness (QED) is 0.0351. The van der Waals surface area contributed by atoms with Crippen molar-refractivity contribution < 1.29 is 28.7 Å². The predicted molar refractivity (Wildman–Crippen MR) is 241 cm³/mol. The molecule has 5 N–H and O–H groups in total. The molecule has 58 heavy (non-hydrogen) atoms. The topological polar surface area (TPSA) is 149 Å². The highest BCUT2D eigenvalue weighted by Gasteiger charge is 2.22. The van der Waals surface area contributed by atoms with Crippen molar-refractivity contribution in [3.8, 4) is 0 Å². The number of esters is 2. The van der Waals surface area contributed by atoms with Gasteiger partial charge in [-0.25, -0.2) is 0 Å². The summed E-state index contributed by atoms with van der Waals surface area (Å²) < 4.78 is 11.4. The largest absolute Gasteiger partial charge is 0.465 e. The molecule has 2 amide bonds. The van der Waals surface area contributed by atoms with Gasteiger partial charge in [0.15, 0.2) is 0 Å². The van der Waals surface area contributed by atoms with Crippen molar-refractivity contribution in [2.45, 2.75) is 233 Å². The Hall–Kier alpha value is -2.78. The number of unbranched alkanes of at least 4 members (excludes halogenated alkanes) is 19. The lowest BCUT2D eigenvalue weighted by molar-refractivity contribution is -0.150. The minimum absolute atomic E-state index is 0.0213. The third-order valence-corrected chi connectivity index (χ3v) is 11.1. The van der Waals surface area contributed by atoms with Crippen LogP contribution in [0.4, 0.5) is 0 Å². The van der Waals surface area contributed by atoms with E-state index in [1.165, 1.54) is 70.6 Å². The van der Waals surface area contributed by atoms with E-state index in [1.807, 2.05) is 0 Å². The Labute approximate surface area is 356 Å². The van der Waals surface area contributed by atoms with Gasteiger partial charge in [0.2, 0.25) is 11.8 Å². The number of nitrogens with two attached hydrogens (primary N) is 1. The number of amides is 2. The molecule has 0 spiro atoms. The fraction of sp³-hybridized carbons (Fsp3) is 0.875. The van der Waals surface area contributed by atoms with E-state index in [4.69, 9.17) is 15.2 Å². The van der Waals surface area contributed by atoms with Crippen molar-refractivity contribution >= 4 is 23.8 Å². The van der Waals surface area contributed by atoms with E-state index in [0.29, 0.717) is 45.0 Å². The molecular weight excluding hydrogens is 729 g/mol. The van der Waals surface area contributed by atoms with Crippen molar-refractivity contribution in [1.82, 2.24) is 16.0 Å². The summed E-state index contributed by atoms with van der Waals surface area (Å²) in [5.74, 6) is -0.00920. The Morgan fingerprint density at radius 1 is 0.483 bits per heavy atom. The van der Waals surface area contributed by atoms with Gasteiger partial charge in [-0.15, -0.1) is 0 Å². The van der Waals surface area contributed by atoms with Crippen LogP contribution in [0.2, 0.25) is 0 Å². The lowest BCUT2D eigenvalue weighted by Crippen LogP contribution is -2.48. The normalized spacial score (nSPS) is 12.7. The van der Waals surface area contributed by atoms with Gasteiger partial charge in [-0.2, -0.15) is 0 Å². The maximum Gasteiger partial charge on any atom is 0.308 e. The second-order valence-corrected chi connectivity index (χ2v) is 16.7. The molecule has 0 aliphatic carbocycles. The van der Waals surface area contributed by atoms with Crippen molar-refractivity contribution in [1.29, 1.82) is 0 Å².